The van der Waals surface area contributed by atoms with Gasteiger partial charge in [0.25, 0.3) is 17.5 Å². The Morgan fingerprint density at radius 1 is 1.17 bits per heavy atom. The number of carbonyl (C=O) groups is 2. The van der Waals surface area contributed by atoms with Crippen molar-refractivity contribution in [3.05, 3.63) is 75.5 Å². The molecule has 1 aliphatic heterocycles. The largest absolute Gasteiger partial charge is 0.496 e. The van der Waals surface area contributed by atoms with Crippen LogP contribution in [0.4, 0.5) is 5.69 Å². The molecule has 0 bridgehead atoms. The molecule has 2 aromatic carbocycles. The fourth-order valence-corrected chi connectivity index (χ4v) is 3.66. The van der Waals surface area contributed by atoms with E-state index in [-0.39, 0.29) is 28.6 Å². The summed E-state index contributed by atoms with van der Waals surface area (Å²) in [5.41, 5.74) is -0.232. The number of rotatable bonds is 6. The molecule has 0 spiro atoms. The molecule has 8 nitrogen and oxygen atoms in total. The lowest BCUT2D eigenvalue weighted by molar-refractivity contribution is -0.385. The number of nitrogens with one attached hydrogen (secondary N) is 1. The van der Waals surface area contributed by atoms with Crippen LogP contribution in [0.25, 0.3) is 6.08 Å². The summed E-state index contributed by atoms with van der Waals surface area (Å²) in [5, 5.41) is 14.3. The molecule has 2 aromatic rings. The Bertz CT molecular complexity index is 1020. The molecule has 2 amide bonds. The van der Waals surface area contributed by atoms with Crippen molar-refractivity contribution in [1.29, 1.82) is 0 Å². The number of ether oxygens (including phenoxy) is 1. The van der Waals surface area contributed by atoms with Crippen molar-refractivity contribution in [1.82, 2.24) is 10.2 Å². The lowest BCUT2D eigenvalue weighted by Gasteiger charge is -2.41. The number of hydrogen-bond donors (Lipinski definition) is 1. The van der Waals surface area contributed by atoms with Gasteiger partial charge in [-0.1, -0.05) is 43.3 Å². The van der Waals surface area contributed by atoms with Gasteiger partial charge in [0.05, 0.1) is 17.6 Å². The second-order valence-electron chi connectivity index (χ2n) is 7.10. The first kappa shape index (κ1) is 21.0. The molecule has 30 heavy (non-hydrogen) atoms. The fourth-order valence-electron chi connectivity index (χ4n) is 3.66. The first-order chi connectivity index (χ1) is 14.3. The molecule has 1 unspecified atom stereocenters. The monoisotopic (exact) mass is 409 g/mol. The normalized spacial score (nSPS) is 20.2. The Labute approximate surface area is 174 Å². The lowest BCUT2D eigenvalue weighted by Crippen LogP contribution is -2.65. The van der Waals surface area contributed by atoms with E-state index in [4.69, 9.17) is 4.74 Å². The van der Waals surface area contributed by atoms with Gasteiger partial charge < -0.3 is 15.0 Å². The number of amides is 2. The van der Waals surface area contributed by atoms with Crippen LogP contribution in [0.5, 0.6) is 5.75 Å². The number of nitro benzene ring substituents is 1. The van der Waals surface area contributed by atoms with E-state index >= 15 is 0 Å². The SMILES string of the molecule is CCC1(Cc2ccccc2)NC(=O)C(=Cc2c(OC)cccc2[N+](=O)[O-])N(C)C1=O. The number of methoxy groups -OCH3 is 1. The number of hydrogen-bond acceptors (Lipinski definition) is 5. The van der Waals surface area contributed by atoms with Crippen molar-refractivity contribution in [3.63, 3.8) is 0 Å². The summed E-state index contributed by atoms with van der Waals surface area (Å²) < 4.78 is 5.23. The van der Waals surface area contributed by atoms with E-state index in [9.17, 15) is 19.7 Å². The topological polar surface area (TPSA) is 102 Å². The third-order valence-corrected chi connectivity index (χ3v) is 5.35. The summed E-state index contributed by atoms with van der Waals surface area (Å²) in [6.45, 7) is 1.84. The molecule has 1 saturated heterocycles. The minimum Gasteiger partial charge on any atom is -0.496 e. The summed E-state index contributed by atoms with van der Waals surface area (Å²) in [6.07, 6.45) is 2.08. The third kappa shape index (κ3) is 3.76. The third-order valence-electron chi connectivity index (χ3n) is 5.35. The van der Waals surface area contributed by atoms with Gasteiger partial charge in [0, 0.05) is 19.5 Å². The Balaban J connectivity index is 2.03. The number of benzene rings is 2. The maximum Gasteiger partial charge on any atom is 0.280 e. The van der Waals surface area contributed by atoms with E-state index in [0.717, 1.165) is 5.56 Å². The van der Waals surface area contributed by atoms with E-state index in [2.05, 4.69) is 5.32 Å². The first-order valence-corrected chi connectivity index (χ1v) is 9.50. The number of nitro groups is 1. The summed E-state index contributed by atoms with van der Waals surface area (Å²) >= 11 is 0. The molecule has 1 aliphatic rings. The van der Waals surface area contributed by atoms with Crippen molar-refractivity contribution < 1.29 is 19.2 Å². The number of likely N-dealkylation sites (N-methyl/N-ethyl adjacent to an activating group) is 1. The molecule has 1 fully saturated rings. The molecule has 3 rings (SSSR count). The molecule has 0 aliphatic carbocycles. The van der Waals surface area contributed by atoms with Crippen LogP contribution < -0.4 is 10.1 Å². The fraction of sp³-hybridized carbons (Fsp3) is 0.273. The second-order valence-corrected chi connectivity index (χ2v) is 7.10. The van der Waals surface area contributed by atoms with Crippen LogP contribution >= 0.6 is 0 Å². The molecule has 0 radical (unpaired) electrons. The highest BCUT2D eigenvalue weighted by atomic mass is 16.6. The molecule has 1 heterocycles. The molecule has 8 heteroatoms. The van der Waals surface area contributed by atoms with Crippen molar-refractivity contribution >= 4 is 23.6 Å². The Kier molecular flexibility index (Phi) is 5.86. The van der Waals surface area contributed by atoms with E-state index in [0.29, 0.717) is 12.8 Å². The summed E-state index contributed by atoms with van der Waals surface area (Å²) in [5.74, 6) is -0.519. The van der Waals surface area contributed by atoms with E-state index in [1.807, 2.05) is 37.3 Å². The molecular weight excluding hydrogens is 386 g/mol. The van der Waals surface area contributed by atoms with E-state index in [1.54, 1.807) is 6.07 Å². The van der Waals surface area contributed by atoms with Crippen LogP contribution in [0.2, 0.25) is 0 Å². The highest BCUT2D eigenvalue weighted by Gasteiger charge is 2.46. The van der Waals surface area contributed by atoms with Crippen LogP contribution in [-0.2, 0) is 16.0 Å². The molecular formula is C22H23N3O5. The highest BCUT2D eigenvalue weighted by molar-refractivity contribution is 6.09. The molecule has 1 atom stereocenters. The van der Waals surface area contributed by atoms with Gasteiger partial charge in [0.2, 0.25) is 0 Å². The van der Waals surface area contributed by atoms with Crippen LogP contribution in [-0.4, -0.2) is 41.3 Å². The van der Waals surface area contributed by atoms with Crippen LogP contribution in [0.3, 0.4) is 0 Å². The van der Waals surface area contributed by atoms with Gasteiger partial charge in [-0.25, -0.2) is 0 Å². The van der Waals surface area contributed by atoms with Crippen molar-refractivity contribution in [2.45, 2.75) is 25.3 Å². The molecule has 0 aromatic heterocycles. The highest BCUT2D eigenvalue weighted by Crippen LogP contribution is 2.33. The van der Waals surface area contributed by atoms with Gasteiger partial charge in [-0.05, 0) is 24.1 Å². The van der Waals surface area contributed by atoms with Crippen molar-refractivity contribution in [3.8, 4) is 5.75 Å². The lowest BCUT2D eigenvalue weighted by atomic mass is 9.84. The average Bonchev–Trinajstić information content (AvgIpc) is 2.75. The van der Waals surface area contributed by atoms with Gasteiger partial charge in [0.1, 0.15) is 17.0 Å². The Hall–Kier alpha value is -3.68. The predicted octanol–water partition coefficient (Wildman–Crippen LogP) is 2.92. The summed E-state index contributed by atoms with van der Waals surface area (Å²) in [4.78, 5) is 38.5. The van der Waals surface area contributed by atoms with Gasteiger partial charge >= 0.3 is 0 Å². The molecule has 0 saturated carbocycles. The van der Waals surface area contributed by atoms with Gasteiger partial charge in [0.15, 0.2) is 0 Å². The van der Waals surface area contributed by atoms with Crippen LogP contribution in [0, 0.1) is 10.1 Å². The molecule has 156 valence electrons. The summed E-state index contributed by atoms with van der Waals surface area (Å²) in [6, 6.07) is 13.8. The van der Waals surface area contributed by atoms with E-state index in [1.165, 1.54) is 37.3 Å². The van der Waals surface area contributed by atoms with Gasteiger partial charge in [-0.3, -0.25) is 19.7 Å². The first-order valence-electron chi connectivity index (χ1n) is 9.50. The van der Waals surface area contributed by atoms with Gasteiger partial charge in [-0.15, -0.1) is 0 Å². The zero-order chi connectivity index (χ0) is 21.9. The average molecular weight is 409 g/mol. The number of piperazine rings is 1. The maximum atomic E-state index is 13.3. The van der Waals surface area contributed by atoms with Gasteiger partial charge in [-0.2, -0.15) is 0 Å². The zero-order valence-corrected chi connectivity index (χ0v) is 17.0. The van der Waals surface area contributed by atoms with Crippen molar-refractivity contribution in [2.75, 3.05) is 14.2 Å². The predicted molar refractivity (Wildman–Crippen MR) is 112 cm³/mol. The minimum atomic E-state index is -1.09. The number of nitrogens with zero attached hydrogens (tertiary/aromatic N) is 2. The summed E-state index contributed by atoms with van der Waals surface area (Å²) in [7, 11) is 2.89. The minimum absolute atomic E-state index is 0.0183. The van der Waals surface area contributed by atoms with Crippen molar-refractivity contribution in [2.24, 2.45) is 0 Å². The van der Waals surface area contributed by atoms with Crippen LogP contribution in [0.15, 0.2) is 54.2 Å². The van der Waals surface area contributed by atoms with E-state index < -0.39 is 16.4 Å². The Morgan fingerprint density at radius 2 is 1.87 bits per heavy atom. The van der Waals surface area contributed by atoms with Crippen LogP contribution in [0.1, 0.15) is 24.5 Å². The zero-order valence-electron chi connectivity index (χ0n) is 17.0. The quantitative estimate of drug-likeness (QED) is 0.449. The Morgan fingerprint density at radius 3 is 2.47 bits per heavy atom. The maximum absolute atomic E-state index is 13.3. The molecule has 1 N–H and O–H groups in total. The standard InChI is InChI=1S/C22H23N3O5/c1-4-22(14-15-9-6-5-7-10-15)21(27)24(2)18(20(26)23-22)13-16-17(25(28)29)11-8-12-19(16)30-3/h5-13H,4,14H2,1-3H3,(H,23,26). The second kappa shape index (κ2) is 8.36. The number of carbonyl (C=O) groups excluding carboxylic acids is 2. The smallest absolute Gasteiger partial charge is 0.280 e.